The zero-order valence-electron chi connectivity index (χ0n) is 18.4. The second-order valence-corrected chi connectivity index (χ2v) is 9.11. The molecule has 10 heteroatoms. The van der Waals surface area contributed by atoms with Gasteiger partial charge < -0.3 is 19.7 Å². The lowest BCUT2D eigenvalue weighted by molar-refractivity contribution is 0.0275. The molecule has 0 radical (unpaired) electrons. The van der Waals surface area contributed by atoms with Gasteiger partial charge in [0.25, 0.3) is 0 Å². The predicted octanol–water partition coefficient (Wildman–Crippen LogP) is 5.69. The van der Waals surface area contributed by atoms with Crippen molar-refractivity contribution in [3.05, 3.63) is 53.3 Å². The lowest BCUT2D eigenvalue weighted by Gasteiger charge is -2.24. The maximum atomic E-state index is 14.7. The minimum atomic E-state index is -0.627. The normalized spacial score (nSPS) is 16.2. The van der Waals surface area contributed by atoms with Crippen LogP contribution in [0.1, 0.15) is 27.2 Å². The summed E-state index contributed by atoms with van der Waals surface area (Å²) in [5.41, 5.74) is -0.161. The summed E-state index contributed by atoms with van der Waals surface area (Å²) in [5.74, 6) is -0.967. The molecule has 4 rings (SSSR count). The molecule has 2 aromatic carbocycles. The number of nitrogens with one attached hydrogen (secondary N) is 1. The van der Waals surface area contributed by atoms with Crippen LogP contribution < -0.4 is 10.1 Å². The van der Waals surface area contributed by atoms with Crippen LogP contribution >= 0.6 is 11.6 Å². The second kappa shape index (κ2) is 8.97. The fourth-order valence-electron chi connectivity index (χ4n) is 3.47. The van der Waals surface area contributed by atoms with Gasteiger partial charge in [0.2, 0.25) is 0 Å². The van der Waals surface area contributed by atoms with Crippen molar-refractivity contribution in [1.29, 1.82) is 0 Å². The molecule has 1 saturated heterocycles. The molecule has 0 saturated carbocycles. The van der Waals surface area contributed by atoms with Crippen molar-refractivity contribution < 1.29 is 23.0 Å². The topological polar surface area (TPSA) is 76.6 Å². The van der Waals surface area contributed by atoms with Gasteiger partial charge in [-0.15, -0.1) is 0 Å². The number of likely N-dealkylation sites (tertiary alicyclic amines) is 1. The Balaban J connectivity index is 1.56. The third kappa shape index (κ3) is 5.24. The maximum absolute atomic E-state index is 14.7. The number of halogens is 3. The molecule has 1 atom stereocenters. The summed E-state index contributed by atoms with van der Waals surface area (Å²) in [7, 11) is 0. The third-order valence-electron chi connectivity index (χ3n) is 4.98. The van der Waals surface area contributed by atoms with E-state index >= 15 is 0 Å². The summed E-state index contributed by atoms with van der Waals surface area (Å²) in [6.45, 7) is 6.10. The van der Waals surface area contributed by atoms with E-state index in [9.17, 15) is 13.6 Å². The van der Waals surface area contributed by atoms with E-state index < -0.39 is 29.4 Å². The van der Waals surface area contributed by atoms with Gasteiger partial charge in [0.15, 0.2) is 17.4 Å². The Morgan fingerprint density at radius 1 is 1.24 bits per heavy atom. The molecular weight excluding hydrogens is 454 g/mol. The Labute approximate surface area is 194 Å². The van der Waals surface area contributed by atoms with Crippen molar-refractivity contribution in [2.75, 3.05) is 18.4 Å². The van der Waals surface area contributed by atoms with Gasteiger partial charge in [-0.2, -0.15) is 0 Å². The van der Waals surface area contributed by atoms with Gasteiger partial charge in [-0.25, -0.2) is 23.5 Å². The molecule has 2 heterocycles. The van der Waals surface area contributed by atoms with Crippen LogP contribution in [0.3, 0.4) is 0 Å². The average molecular weight is 477 g/mol. The van der Waals surface area contributed by atoms with Gasteiger partial charge in [-0.1, -0.05) is 17.7 Å². The number of aromatic nitrogens is 2. The summed E-state index contributed by atoms with van der Waals surface area (Å²) < 4.78 is 40.3. The van der Waals surface area contributed by atoms with Crippen molar-refractivity contribution in [3.8, 4) is 5.75 Å². The lowest BCUT2D eigenvalue weighted by atomic mass is 10.2. The predicted molar refractivity (Wildman–Crippen MR) is 121 cm³/mol. The molecule has 1 amide bonds. The number of carbonyl (C=O) groups excluding carboxylic acids is 1. The summed E-state index contributed by atoms with van der Waals surface area (Å²) in [4.78, 5) is 22.1. The first-order chi connectivity index (χ1) is 15.6. The molecular formula is C23H23ClF2N4O3. The monoisotopic (exact) mass is 476 g/mol. The largest absolute Gasteiger partial charge is 0.485 e. The number of hydrogen-bond donors (Lipinski definition) is 1. The van der Waals surface area contributed by atoms with Crippen LogP contribution in [0, 0.1) is 11.6 Å². The number of benzene rings is 2. The highest BCUT2D eigenvalue weighted by atomic mass is 35.5. The highest BCUT2D eigenvalue weighted by Crippen LogP contribution is 2.32. The summed E-state index contributed by atoms with van der Waals surface area (Å²) in [6.07, 6.45) is 0.941. The van der Waals surface area contributed by atoms with Crippen LogP contribution in [0.5, 0.6) is 5.75 Å². The molecule has 1 aliphatic rings. The van der Waals surface area contributed by atoms with E-state index in [0.717, 1.165) is 0 Å². The summed E-state index contributed by atoms with van der Waals surface area (Å²) in [6, 6.07) is 7.24. The van der Waals surface area contributed by atoms with Gasteiger partial charge in [0.05, 0.1) is 22.8 Å². The highest BCUT2D eigenvalue weighted by Gasteiger charge is 2.31. The van der Waals surface area contributed by atoms with Gasteiger partial charge >= 0.3 is 6.09 Å². The Hall–Kier alpha value is -3.20. The smallest absolute Gasteiger partial charge is 0.410 e. The second-order valence-electron chi connectivity index (χ2n) is 8.70. The number of hydrogen-bond acceptors (Lipinski definition) is 6. The van der Waals surface area contributed by atoms with E-state index in [1.807, 2.05) is 0 Å². The molecule has 1 aliphatic heterocycles. The lowest BCUT2D eigenvalue weighted by Crippen LogP contribution is -2.36. The minimum absolute atomic E-state index is 0.0112. The van der Waals surface area contributed by atoms with Crippen molar-refractivity contribution in [3.63, 3.8) is 0 Å². The first-order valence-corrected chi connectivity index (χ1v) is 10.8. The van der Waals surface area contributed by atoms with Crippen LogP contribution in [0.25, 0.3) is 10.9 Å². The zero-order chi connectivity index (χ0) is 23.8. The Kier molecular flexibility index (Phi) is 6.25. The number of carbonyl (C=O) groups is 1. The molecule has 174 valence electrons. The molecule has 0 aliphatic carbocycles. The van der Waals surface area contributed by atoms with Crippen LogP contribution in [0.2, 0.25) is 5.02 Å². The molecule has 33 heavy (non-hydrogen) atoms. The van der Waals surface area contributed by atoms with Crippen LogP contribution in [0.15, 0.2) is 36.7 Å². The van der Waals surface area contributed by atoms with E-state index in [-0.39, 0.29) is 28.8 Å². The van der Waals surface area contributed by atoms with E-state index in [1.54, 1.807) is 26.8 Å². The Morgan fingerprint density at radius 2 is 2.03 bits per heavy atom. The van der Waals surface area contributed by atoms with Crippen molar-refractivity contribution in [1.82, 2.24) is 14.9 Å². The number of amides is 1. The first kappa shape index (κ1) is 23.0. The molecule has 0 unspecified atom stereocenters. The third-order valence-corrected chi connectivity index (χ3v) is 5.28. The van der Waals surface area contributed by atoms with Gasteiger partial charge in [0.1, 0.15) is 23.9 Å². The SMILES string of the molecule is CC(C)(C)OC(=O)N1CC[C@H](Oc2cc3c(Nc4cccc(Cl)c4F)ncnc3cc2F)C1. The fourth-order valence-corrected chi connectivity index (χ4v) is 3.65. The van der Waals surface area contributed by atoms with Crippen molar-refractivity contribution in [2.45, 2.75) is 38.9 Å². The molecule has 0 spiro atoms. The maximum Gasteiger partial charge on any atom is 0.410 e. The van der Waals surface area contributed by atoms with E-state index in [4.69, 9.17) is 21.1 Å². The molecule has 1 N–H and O–H groups in total. The summed E-state index contributed by atoms with van der Waals surface area (Å²) in [5, 5.41) is 3.28. The molecule has 1 aromatic heterocycles. The molecule has 7 nitrogen and oxygen atoms in total. The number of nitrogens with zero attached hydrogens (tertiary/aromatic N) is 3. The minimum Gasteiger partial charge on any atom is -0.485 e. The highest BCUT2D eigenvalue weighted by molar-refractivity contribution is 6.31. The molecule has 3 aromatic rings. The Bertz CT molecular complexity index is 1200. The fraction of sp³-hybridized carbons (Fsp3) is 0.348. The van der Waals surface area contributed by atoms with Crippen LogP contribution in [0.4, 0.5) is 25.1 Å². The quantitative estimate of drug-likeness (QED) is 0.521. The molecule has 0 bridgehead atoms. The van der Waals surface area contributed by atoms with Crippen molar-refractivity contribution >= 4 is 40.1 Å². The van der Waals surface area contributed by atoms with Crippen LogP contribution in [-0.4, -0.2) is 45.8 Å². The van der Waals surface area contributed by atoms with E-state index in [2.05, 4.69) is 15.3 Å². The zero-order valence-corrected chi connectivity index (χ0v) is 19.1. The van der Waals surface area contributed by atoms with Crippen LogP contribution in [-0.2, 0) is 4.74 Å². The van der Waals surface area contributed by atoms with Gasteiger partial charge in [-0.3, -0.25) is 0 Å². The van der Waals surface area contributed by atoms with Gasteiger partial charge in [-0.05, 0) is 39.0 Å². The molecule has 1 fully saturated rings. The van der Waals surface area contributed by atoms with Crippen molar-refractivity contribution in [2.24, 2.45) is 0 Å². The Morgan fingerprint density at radius 3 is 2.79 bits per heavy atom. The summed E-state index contributed by atoms with van der Waals surface area (Å²) >= 11 is 5.85. The number of fused-ring (bicyclic) bond motifs is 1. The van der Waals surface area contributed by atoms with E-state index in [0.29, 0.717) is 23.9 Å². The number of anilines is 2. The van der Waals surface area contributed by atoms with E-state index in [1.165, 1.54) is 35.5 Å². The first-order valence-electron chi connectivity index (χ1n) is 10.4. The van der Waals surface area contributed by atoms with Gasteiger partial charge in [0, 0.05) is 24.4 Å². The standard InChI is InChI=1S/C23H23ClF2N4O3/c1-23(2,3)33-22(31)30-8-7-13(11-30)32-19-9-14-18(10-16(19)25)27-12-28-21(14)29-17-6-4-5-15(24)20(17)26/h4-6,9-10,12-13H,7-8,11H2,1-3H3,(H,27,28,29)/t13-/m0/s1. The number of rotatable bonds is 4. The number of ether oxygens (including phenoxy) is 2. The average Bonchev–Trinajstić information content (AvgIpc) is 3.20.